The number of rotatable bonds is 3. The fraction of sp³-hybridized carbons (Fsp3) is 0.357. The second-order valence-electron chi connectivity index (χ2n) is 5.24. The number of carbonyl (C=O) groups excluding carboxylic acids is 1. The molecule has 0 radical (unpaired) electrons. The van der Waals surface area contributed by atoms with Crippen molar-refractivity contribution >= 4 is 11.6 Å². The number of anilines is 1. The van der Waals surface area contributed by atoms with Crippen molar-refractivity contribution in [1.29, 1.82) is 0 Å². The Labute approximate surface area is 121 Å². The third-order valence-electron chi connectivity index (χ3n) is 3.48. The van der Waals surface area contributed by atoms with Crippen molar-refractivity contribution in [3.05, 3.63) is 30.1 Å². The smallest absolute Gasteiger partial charge is 0.246 e. The molecule has 0 aliphatic carbocycles. The summed E-state index contributed by atoms with van der Waals surface area (Å²) in [4.78, 5) is 16.5. The molecular formula is C14H17N5O2. The van der Waals surface area contributed by atoms with Crippen molar-refractivity contribution in [2.45, 2.75) is 18.9 Å². The van der Waals surface area contributed by atoms with Gasteiger partial charge in [0.25, 0.3) is 0 Å². The summed E-state index contributed by atoms with van der Waals surface area (Å²) < 4.78 is 5.20. The largest absolute Gasteiger partial charge is 0.379 e. The van der Waals surface area contributed by atoms with E-state index in [4.69, 9.17) is 10.5 Å². The molecule has 7 nitrogen and oxygen atoms in total. The highest BCUT2D eigenvalue weighted by Crippen LogP contribution is 2.22. The predicted molar refractivity (Wildman–Crippen MR) is 77.5 cm³/mol. The third-order valence-corrected chi connectivity index (χ3v) is 3.48. The molecule has 4 N–H and O–H groups in total. The van der Waals surface area contributed by atoms with E-state index in [1.807, 2.05) is 25.1 Å². The van der Waals surface area contributed by atoms with Crippen LogP contribution in [0.25, 0.3) is 11.4 Å². The van der Waals surface area contributed by atoms with Gasteiger partial charge in [-0.15, -0.1) is 0 Å². The Morgan fingerprint density at radius 2 is 2.38 bits per heavy atom. The Kier molecular flexibility index (Phi) is 3.44. The first-order chi connectivity index (χ1) is 10.1. The van der Waals surface area contributed by atoms with Crippen LogP contribution < -0.4 is 11.1 Å². The molecule has 2 heterocycles. The minimum Gasteiger partial charge on any atom is -0.379 e. The van der Waals surface area contributed by atoms with Gasteiger partial charge >= 0.3 is 0 Å². The summed E-state index contributed by atoms with van der Waals surface area (Å²) in [6.07, 6.45) is 0.526. The fourth-order valence-corrected chi connectivity index (χ4v) is 2.22. The number of benzene rings is 1. The highest BCUT2D eigenvalue weighted by Gasteiger charge is 2.38. The molecule has 110 valence electrons. The first-order valence-corrected chi connectivity index (χ1v) is 6.74. The standard InChI is InChI=1S/C14H17N5O2/c1-9-16-12(19-18-9)10-3-2-4-11(7-10)17-13(20)14(15)5-6-21-8-14/h2-4,7H,5-6,8,15H2,1H3,(H,17,20)(H,16,18,19). The minimum atomic E-state index is -0.947. The van der Waals surface area contributed by atoms with Crippen LogP contribution >= 0.6 is 0 Å². The number of aromatic amines is 1. The summed E-state index contributed by atoms with van der Waals surface area (Å²) in [6.45, 7) is 2.60. The van der Waals surface area contributed by atoms with Crippen LogP contribution in [0.15, 0.2) is 24.3 Å². The average Bonchev–Trinajstić information content (AvgIpc) is 3.09. The maximum absolute atomic E-state index is 12.2. The third kappa shape index (κ3) is 2.79. The zero-order chi connectivity index (χ0) is 14.9. The molecule has 1 saturated heterocycles. The normalized spacial score (nSPS) is 21.4. The lowest BCUT2D eigenvalue weighted by Gasteiger charge is -2.20. The van der Waals surface area contributed by atoms with Crippen molar-refractivity contribution in [2.24, 2.45) is 5.73 Å². The number of nitrogens with two attached hydrogens (primary N) is 1. The van der Waals surface area contributed by atoms with Crippen molar-refractivity contribution < 1.29 is 9.53 Å². The molecule has 21 heavy (non-hydrogen) atoms. The monoisotopic (exact) mass is 287 g/mol. The molecule has 2 aromatic rings. The molecule has 1 aliphatic heterocycles. The number of hydrogen-bond donors (Lipinski definition) is 3. The lowest BCUT2D eigenvalue weighted by atomic mass is 9.99. The Hall–Kier alpha value is -2.25. The zero-order valence-electron chi connectivity index (χ0n) is 11.7. The van der Waals surface area contributed by atoms with Crippen molar-refractivity contribution in [1.82, 2.24) is 15.2 Å². The SMILES string of the molecule is Cc1nc(-c2cccc(NC(=O)C3(N)CCOC3)c2)n[nH]1. The van der Waals surface area contributed by atoms with Crippen LogP contribution in [0.2, 0.25) is 0 Å². The first-order valence-electron chi connectivity index (χ1n) is 6.74. The molecular weight excluding hydrogens is 270 g/mol. The number of aryl methyl sites for hydroxylation is 1. The van der Waals surface area contributed by atoms with E-state index >= 15 is 0 Å². The summed E-state index contributed by atoms with van der Waals surface area (Å²) in [6, 6.07) is 7.35. The number of hydrogen-bond acceptors (Lipinski definition) is 5. The number of ether oxygens (including phenoxy) is 1. The van der Waals surface area contributed by atoms with Crippen LogP contribution in [0.5, 0.6) is 0 Å². The van der Waals surface area contributed by atoms with Crippen LogP contribution in [0, 0.1) is 6.92 Å². The highest BCUT2D eigenvalue weighted by atomic mass is 16.5. The van der Waals surface area contributed by atoms with Crippen LogP contribution in [-0.4, -0.2) is 39.8 Å². The molecule has 7 heteroatoms. The number of aromatic nitrogens is 3. The topological polar surface area (TPSA) is 106 Å². The fourth-order valence-electron chi connectivity index (χ4n) is 2.22. The molecule has 0 bridgehead atoms. The van der Waals surface area contributed by atoms with Gasteiger partial charge in [-0.3, -0.25) is 9.89 Å². The zero-order valence-corrected chi connectivity index (χ0v) is 11.7. The van der Waals surface area contributed by atoms with E-state index in [0.29, 0.717) is 24.5 Å². The quantitative estimate of drug-likeness (QED) is 0.775. The molecule has 1 amide bonds. The van der Waals surface area contributed by atoms with Crippen molar-refractivity contribution in [3.63, 3.8) is 0 Å². The van der Waals surface area contributed by atoms with E-state index in [0.717, 1.165) is 11.4 Å². The maximum atomic E-state index is 12.2. The lowest BCUT2D eigenvalue weighted by Crippen LogP contribution is -2.51. The lowest BCUT2D eigenvalue weighted by molar-refractivity contribution is -0.121. The Bertz CT molecular complexity index is 661. The average molecular weight is 287 g/mol. The van der Waals surface area contributed by atoms with E-state index < -0.39 is 5.54 Å². The van der Waals surface area contributed by atoms with Crippen LogP contribution in [0.3, 0.4) is 0 Å². The molecule has 0 spiro atoms. The van der Waals surface area contributed by atoms with E-state index in [1.165, 1.54) is 0 Å². The Morgan fingerprint density at radius 1 is 1.52 bits per heavy atom. The van der Waals surface area contributed by atoms with Crippen LogP contribution in [-0.2, 0) is 9.53 Å². The minimum absolute atomic E-state index is 0.233. The number of H-pyrrole nitrogens is 1. The number of carbonyl (C=O) groups is 1. The van der Waals surface area contributed by atoms with Gasteiger partial charge < -0.3 is 15.8 Å². The number of nitrogens with zero attached hydrogens (tertiary/aromatic N) is 2. The Balaban J connectivity index is 1.79. The van der Waals surface area contributed by atoms with Gasteiger partial charge in [0.05, 0.1) is 6.61 Å². The summed E-state index contributed by atoms with van der Waals surface area (Å²) >= 11 is 0. The van der Waals surface area contributed by atoms with Gasteiger partial charge in [0.2, 0.25) is 5.91 Å². The van der Waals surface area contributed by atoms with Crippen LogP contribution in [0.1, 0.15) is 12.2 Å². The van der Waals surface area contributed by atoms with Gasteiger partial charge in [-0.2, -0.15) is 5.10 Å². The van der Waals surface area contributed by atoms with Crippen molar-refractivity contribution in [2.75, 3.05) is 18.5 Å². The highest BCUT2D eigenvalue weighted by molar-refractivity contribution is 5.98. The van der Waals surface area contributed by atoms with Gasteiger partial charge in [0.15, 0.2) is 5.82 Å². The van der Waals surface area contributed by atoms with Gasteiger partial charge in [-0.25, -0.2) is 4.98 Å². The molecule has 1 aromatic heterocycles. The van der Waals surface area contributed by atoms with Crippen LogP contribution in [0.4, 0.5) is 5.69 Å². The van der Waals surface area contributed by atoms with E-state index in [2.05, 4.69) is 20.5 Å². The van der Waals surface area contributed by atoms with Gasteiger partial charge in [-0.1, -0.05) is 12.1 Å². The summed E-state index contributed by atoms with van der Waals surface area (Å²) in [5.41, 5.74) is 6.58. The molecule has 3 rings (SSSR count). The summed E-state index contributed by atoms with van der Waals surface area (Å²) in [5, 5.41) is 9.73. The van der Waals surface area contributed by atoms with Gasteiger partial charge in [-0.05, 0) is 25.5 Å². The molecule has 1 unspecified atom stereocenters. The maximum Gasteiger partial charge on any atom is 0.246 e. The molecule has 0 saturated carbocycles. The van der Waals surface area contributed by atoms with E-state index in [1.54, 1.807) is 6.07 Å². The second-order valence-corrected chi connectivity index (χ2v) is 5.24. The molecule has 1 fully saturated rings. The van der Waals surface area contributed by atoms with Gasteiger partial charge in [0, 0.05) is 17.9 Å². The summed E-state index contributed by atoms with van der Waals surface area (Å²) in [7, 11) is 0. The molecule has 1 atom stereocenters. The molecule has 1 aliphatic rings. The summed E-state index contributed by atoms with van der Waals surface area (Å²) in [5.74, 6) is 1.10. The number of nitrogens with one attached hydrogen (secondary N) is 2. The number of amides is 1. The second kappa shape index (κ2) is 5.27. The Morgan fingerprint density at radius 3 is 3.05 bits per heavy atom. The predicted octanol–water partition coefficient (Wildman–Crippen LogP) is 0.836. The van der Waals surface area contributed by atoms with E-state index in [9.17, 15) is 4.79 Å². The van der Waals surface area contributed by atoms with E-state index in [-0.39, 0.29) is 12.5 Å². The van der Waals surface area contributed by atoms with Gasteiger partial charge in [0.1, 0.15) is 11.4 Å². The van der Waals surface area contributed by atoms with Crippen molar-refractivity contribution in [3.8, 4) is 11.4 Å². The molecule has 1 aromatic carbocycles. The first kappa shape index (κ1) is 13.7.